The Morgan fingerprint density at radius 2 is 1.71 bits per heavy atom. The predicted molar refractivity (Wildman–Crippen MR) is 83.3 cm³/mol. The second-order valence-corrected chi connectivity index (χ2v) is 5.56. The van der Waals surface area contributed by atoms with E-state index < -0.39 is 0 Å². The molecule has 2 heterocycles. The molecule has 2 aromatic carbocycles. The molecule has 0 aliphatic heterocycles. The molecule has 0 fully saturated rings. The van der Waals surface area contributed by atoms with E-state index in [2.05, 4.69) is 43.1 Å². The molecular formula is C18H15NO2. The van der Waals surface area contributed by atoms with E-state index in [4.69, 9.17) is 8.83 Å². The lowest BCUT2D eigenvalue weighted by atomic mass is 10.0. The molecule has 104 valence electrons. The molecule has 21 heavy (non-hydrogen) atoms. The maximum Gasteiger partial charge on any atom is 0.225 e. The van der Waals surface area contributed by atoms with E-state index >= 15 is 0 Å². The summed E-state index contributed by atoms with van der Waals surface area (Å²) in [5.41, 5.74) is 4.01. The summed E-state index contributed by atoms with van der Waals surface area (Å²) >= 11 is 0. The molecule has 0 atom stereocenters. The number of benzene rings is 2. The summed E-state index contributed by atoms with van der Waals surface area (Å²) in [6, 6.07) is 12.5. The van der Waals surface area contributed by atoms with Crippen molar-refractivity contribution in [3.63, 3.8) is 0 Å². The normalized spacial score (nSPS) is 11.8. The highest BCUT2D eigenvalue weighted by atomic mass is 16.3. The quantitative estimate of drug-likeness (QED) is 0.495. The van der Waals surface area contributed by atoms with Crippen LogP contribution in [0.1, 0.15) is 25.3 Å². The van der Waals surface area contributed by atoms with Crippen LogP contribution in [0.4, 0.5) is 0 Å². The van der Waals surface area contributed by atoms with Gasteiger partial charge in [-0.2, -0.15) is 0 Å². The number of hydrogen-bond donors (Lipinski definition) is 0. The summed E-state index contributed by atoms with van der Waals surface area (Å²) in [5, 5.41) is 2.27. The zero-order valence-electron chi connectivity index (χ0n) is 12.0. The lowest BCUT2D eigenvalue weighted by Gasteiger charge is -2.03. The molecule has 0 bridgehead atoms. The van der Waals surface area contributed by atoms with Gasteiger partial charge in [0.15, 0.2) is 0 Å². The van der Waals surface area contributed by atoms with Gasteiger partial charge in [-0.15, -0.1) is 0 Å². The van der Waals surface area contributed by atoms with Crippen LogP contribution in [0.3, 0.4) is 0 Å². The van der Waals surface area contributed by atoms with Crippen LogP contribution in [-0.4, -0.2) is 4.98 Å². The van der Waals surface area contributed by atoms with Crippen LogP contribution in [-0.2, 0) is 0 Å². The van der Waals surface area contributed by atoms with Crippen molar-refractivity contribution in [2.75, 3.05) is 0 Å². The van der Waals surface area contributed by atoms with Gasteiger partial charge in [-0.3, -0.25) is 0 Å². The van der Waals surface area contributed by atoms with Crippen LogP contribution < -0.4 is 0 Å². The molecule has 0 aliphatic rings. The highest BCUT2D eigenvalue weighted by Crippen LogP contribution is 2.33. The minimum atomic E-state index is 0.491. The van der Waals surface area contributed by atoms with Crippen molar-refractivity contribution in [3.05, 3.63) is 54.4 Å². The highest BCUT2D eigenvalue weighted by molar-refractivity contribution is 6.05. The van der Waals surface area contributed by atoms with E-state index in [0.29, 0.717) is 11.8 Å². The molecule has 0 spiro atoms. The molecular weight excluding hydrogens is 262 g/mol. The average molecular weight is 277 g/mol. The molecule has 3 heteroatoms. The molecule has 0 saturated heterocycles. The predicted octanol–water partition coefficient (Wildman–Crippen LogP) is 5.36. The lowest BCUT2D eigenvalue weighted by molar-refractivity contribution is 0.574. The van der Waals surface area contributed by atoms with Crippen LogP contribution in [0.25, 0.3) is 33.4 Å². The first-order valence-corrected chi connectivity index (χ1v) is 7.08. The van der Waals surface area contributed by atoms with E-state index in [9.17, 15) is 0 Å². The monoisotopic (exact) mass is 277 g/mol. The SMILES string of the molecule is CC(C)c1ccc2c(c1)oc1cc(-c3ncco3)ccc12. The molecule has 0 unspecified atom stereocenters. The molecule has 0 amide bonds. The Hall–Kier alpha value is -2.55. The number of aromatic nitrogens is 1. The third kappa shape index (κ3) is 1.93. The molecule has 0 N–H and O–H groups in total. The molecule has 3 nitrogen and oxygen atoms in total. The van der Waals surface area contributed by atoms with E-state index in [1.54, 1.807) is 12.5 Å². The third-order valence-electron chi connectivity index (χ3n) is 3.84. The van der Waals surface area contributed by atoms with Crippen molar-refractivity contribution in [2.24, 2.45) is 0 Å². The maximum absolute atomic E-state index is 6.01. The fourth-order valence-corrected chi connectivity index (χ4v) is 2.65. The van der Waals surface area contributed by atoms with Crippen molar-refractivity contribution < 1.29 is 8.83 Å². The molecule has 4 rings (SSSR count). The Kier molecular flexibility index (Phi) is 2.61. The first-order chi connectivity index (χ1) is 10.2. The van der Waals surface area contributed by atoms with Gasteiger partial charge in [0, 0.05) is 16.3 Å². The Morgan fingerprint density at radius 3 is 2.43 bits per heavy atom. The Balaban J connectivity index is 1.94. The van der Waals surface area contributed by atoms with Gasteiger partial charge in [-0.1, -0.05) is 26.0 Å². The summed E-state index contributed by atoms with van der Waals surface area (Å²) in [4.78, 5) is 4.18. The van der Waals surface area contributed by atoms with Crippen molar-refractivity contribution in [3.8, 4) is 11.5 Å². The summed E-state index contributed by atoms with van der Waals surface area (Å²) in [6.07, 6.45) is 3.22. The van der Waals surface area contributed by atoms with Gasteiger partial charge in [0.05, 0.1) is 6.20 Å². The molecule has 4 aromatic rings. The number of fused-ring (bicyclic) bond motifs is 3. The molecule has 0 radical (unpaired) electrons. The smallest absolute Gasteiger partial charge is 0.225 e. The van der Waals surface area contributed by atoms with Gasteiger partial charge in [0.1, 0.15) is 17.4 Å². The van der Waals surface area contributed by atoms with Gasteiger partial charge < -0.3 is 8.83 Å². The Labute approximate surface area is 122 Å². The summed E-state index contributed by atoms with van der Waals surface area (Å²) in [5.74, 6) is 1.10. The number of oxazole rings is 1. The number of rotatable bonds is 2. The Morgan fingerprint density at radius 1 is 0.952 bits per heavy atom. The second-order valence-electron chi connectivity index (χ2n) is 5.56. The van der Waals surface area contributed by atoms with Crippen LogP contribution in [0.5, 0.6) is 0 Å². The first kappa shape index (κ1) is 12.2. The minimum Gasteiger partial charge on any atom is -0.456 e. The topological polar surface area (TPSA) is 39.2 Å². The summed E-state index contributed by atoms with van der Waals surface area (Å²) in [6.45, 7) is 4.37. The summed E-state index contributed by atoms with van der Waals surface area (Å²) in [7, 11) is 0. The molecule has 0 aliphatic carbocycles. The van der Waals surface area contributed by atoms with Crippen molar-refractivity contribution in [2.45, 2.75) is 19.8 Å². The van der Waals surface area contributed by atoms with E-state index in [1.807, 2.05) is 12.1 Å². The van der Waals surface area contributed by atoms with Crippen molar-refractivity contribution >= 4 is 21.9 Å². The maximum atomic E-state index is 6.01. The van der Waals surface area contributed by atoms with Gasteiger partial charge >= 0.3 is 0 Å². The van der Waals surface area contributed by atoms with Gasteiger partial charge in [-0.25, -0.2) is 4.98 Å². The zero-order chi connectivity index (χ0) is 14.4. The number of hydrogen-bond acceptors (Lipinski definition) is 3. The Bertz CT molecular complexity index is 917. The van der Waals surface area contributed by atoms with Crippen LogP contribution in [0, 0.1) is 0 Å². The van der Waals surface area contributed by atoms with Crippen molar-refractivity contribution in [1.29, 1.82) is 0 Å². The number of furan rings is 1. The van der Waals surface area contributed by atoms with Crippen molar-refractivity contribution in [1.82, 2.24) is 4.98 Å². The highest BCUT2D eigenvalue weighted by Gasteiger charge is 2.11. The second kappa shape index (κ2) is 4.48. The largest absolute Gasteiger partial charge is 0.456 e. The first-order valence-electron chi connectivity index (χ1n) is 7.08. The van der Waals surface area contributed by atoms with E-state index in [-0.39, 0.29) is 0 Å². The molecule has 0 saturated carbocycles. The fourth-order valence-electron chi connectivity index (χ4n) is 2.65. The van der Waals surface area contributed by atoms with Gasteiger partial charge in [0.2, 0.25) is 5.89 Å². The van der Waals surface area contributed by atoms with E-state index in [0.717, 1.165) is 27.5 Å². The standard InChI is InChI=1S/C18H15NO2/c1-11(2)12-3-5-14-15-6-4-13(18-19-7-8-20-18)10-17(15)21-16(14)9-12/h3-11H,1-2H3. The summed E-state index contributed by atoms with van der Waals surface area (Å²) < 4.78 is 11.4. The fraction of sp³-hybridized carbons (Fsp3) is 0.167. The third-order valence-corrected chi connectivity index (χ3v) is 3.84. The average Bonchev–Trinajstić information content (AvgIpc) is 3.13. The molecule has 2 aromatic heterocycles. The van der Waals surface area contributed by atoms with E-state index in [1.165, 1.54) is 5.56 Å². The van der Waals surface area contributed by atoms with Crippen LogP contribution >= 0.6 is 0 Å². The van der Waals surface area contributed by atoms with Crippen LogP contribution in [0.2, 0.25) is 0 Å². The zero-order valence-corrected chi connectivity index (χ0v) is 12.0. The minimum absolute atomic E-state index is 0.491. The van der Waals surface area contributed by atoms with Gasteiger partial charge in [0.25, 0.3) is 0 Å². The lowest BCUT2D eigenvalue weighted by Crippen LogP contribution is -1.84. The van der Waals surface area contributed by atoms with Gasteiger partial charge in [-0.05, 0) is 35.7 Å². The number of nitrogens with zero attached hydrogens (tertiary/aromatic N) is 1. The van der Waals surface area contributed by atoms with Crippen LogP contribution in [0.15, 0.2) is 57.7 Å².